The van der Waals surface area contributed by atoms with Crippen molar-refractivity contribution in [3.8, 4) is 11.4 Å². The number of aryl methyl sites for hydroxylation is 1. The lowest BCUT2D eigenvalue weighted by Crippen LogP contribution is -2.07. The molecule has 7 heteroatoms. The molecule has 0 fully saturated rings. The number of benzene rings is 1. The topological polar surface area (TPSA) is 94.1 Å². The maximum atomic E-state index is 10.5. The molecule has 0 aliphatic heterocycles. The van der Waals surface area contributed by atoms with E-state index in [4.69, 9.17) is 0 Å². The summed E-state index contributed by atoms with van der Waals surface area (Å²) >= 11 is 0. The van der Waals surface area contributed by atoms with Crippen LogP contribution in [0.15, 0.2) is 30.6 Å². The first-order valence-electron chi connectivity index (χ1n) is 5.88. The molecule has 0 aliphatic carbocycles. The molecule has 0 bridgehead atoms. The highest BCUT2D eigenvalue weighted by molar-refractivity contribution is 5.56. The minimum atomic E-state index is -0.446. The molecule has 0 saturated carbocycles. The Kier molecular flexibility index (Phi) is 3.86. The van der Waals surface area contributed by atoms with Crippen LogP contribution in [0.25, 0.3) is 11.4 Å². The SMILES string of the molecule is CC(O)CCn1cnc(-c2ccc([N+](=O)[O-])cc2)n1. The predicted octanol–water partition coefficient (Wildman–Crippen LogP) is 1.62. The molecule has 19 heavy (non-hydrogen) atoms. The summed E-state index contributed by atoms with van der Waals surface area (Å²) in [6.45, 7) is 2.30. The third-order valence-electron chi connectivity index (χ3n) is 2.65. The molecular weight excluding hydrogens is 248 g/mol. The van der Waals surface area contributed by atoms with E-state index in [1.165, 1.54) is 12.1 Å². The fourth-order valence-corrected chi connectivity index (χ4v) is 1.59. The largest absolute Gasteiger partial charge is 0.393 e. The average molecular weight is 262 g/mol. The van der Waals surface area contributed by atoms with Crippen LogP contribution in [0.5, 0.6) is 0 Å². The van der Waals surface area contributed by atoms with Gasteiger partial charge in [-0.3, -0.25) is 14.8 Å². The molecule has 1 N–H and O–H groups in total. The number of aliphatic hydroxyl groups is 1. The van der Waals surface area contributed by atoms with Crippen molar-refractivity contribution in [2.24, 2.45) is 0 Å². The first-order valence-corrected chi connectivity index (χ1v) is 5.88. The standard InChI is InChI=1S/C12H14N4O3/c1-9(17)6-7-15-8-13-12(14-15)10-2-4-11(5-3-10)16(18)19/h2-5,8-9,17H,6-7H2,1H3. The lowest BCUT2D eigenvalue weighted by Gasteiger charge is -2.02. The number of aliphatic hydroxyl groups excluding tert-OH is 1. The van der Waals surface area contributed by atoms with Gasteiger partial charge in [0.1, 0.15) is 6.33 Å². The molecule has 1 unspecified atom stereocenters. The van der Waals surface area contributed by atoms with Gasteiger partial charge in [-0.25, -0.2) is 4.98 Å². The van der Waals surface area contributed by atoms with Gasteiger partial charge in [-0.15, -0.1) is 0 Å². The summed E-state index contributed by atoms with van der Waals surface area (Å²) in [5.74, 6) is 0.514. The Morgan fingerprint density at radius 2 is 2.11 bits per heavy atom. The van der Waals surface area contributed by atoms with Gasteiger partial charge in [0.25, 0.3) is 5.69 Å². The van der Waals surface area contributed by atoms with Gasteiger partial charge in [0, 0.05) is 24.2 Å². The summed E-state index contributed by atoms with van der Waals surface area (Å²) in [6.07, 6.45) is 1.80. The van der Waals surface area contributed by atoms with Gasteiger partial charge in [-0.2, -0.15) is 5.10 Å². The van der Waals surface area contributed by atoms with Crippen LogP contribution in [0.4, 0.5) is 5.69 Å². The Balaban J connectivity index is 2.11. The van der Waals surface area contributed by atoms with E-state index < -0.39 is 4.92 Å². The monoisotopic (exact) mass is 262 g/mol. The van der Waals surface area contributed by atoms with E-state index in [0.717, 1.165) is 5.56 Å². The van der Waals surface area contributed by atoms with Crippen molar-refractivity contribution in [3.63, 3.8) is 0 Å². The summed E-state index contributed by atoms with van der Waals surface area (Å²) in [4.78, 5) is 14.2. The summed E-state index contributed by atoms with van der Waals surface area (Å²) in [6, 6.07) is 6.08. The highest BCUT2D eigenvalue weighted by atomic mass is 16.6. The molecule has 0 radical (unpaired) electrons. The maximum absolute atomic E-state index is 10.5. The third-order valence-corrected chi connectivity index (χ3v) is 2.65. The fourth-order valence-electron chi connectivity index (χ4n) is 1.59. The van der Waals surface area contributed by atoms with Crippen LogP contribution >= 0.6 is 0 Å². The molecule has 1 aromatic carbocycles. The van der Waals surface area contributed by atoms with Gasteiger partial charge in [-0.05, 0) is 25.5 Å². The van der Waals surface area contributed by atoms with Gasteiger partial charge in [0.05, 0.1) is 11.0 Å². The van der Waals surface area contributed by atoms with E-state index in [1.807, 2.05) is 0 Å². The van der Waals surface area contributed by atoms with Crippen molar-refractivity contribution >= 4 is 5.69 Å². The second-order valence-corrected chi connectivity index (χ2v) is 4.27. The zero-order valence-corrected chi connectivity index (χ0v) is 10.4. The Morgan fingerprint density at radius 3 is 2.68 bits per heavy atom. The van der Waals surface area contributed by atoms with Crippen LogP contribution in [0.1, 0.15) is 13.3 Å². The van der Waals surface area contributed by atoms with Crippen LogP contribution in [-0.4, -0.2) is 30.9 Å². The zero-order chi connectivity index (χ0) is 13.8. The number of nitro benzene ring substituents is 1. The van der Waals surface area contributed by atoms with Crippen molar-refractivity contribution in [2.45, 2.75) is 26.0 Å². The van der Waals surface area contributed by atoms with E-state index in [0.29, 0.717) is 18.8 Å². The van der Waals surface area contributed by atoms with E-state index in [2.05, 4.69) is 10.1 Å². The highest BCUT2D eigenvalue weighted by Gasteiger charge is 2.08. The number of hydrogen-bond donors (Lipinski definition) is 1. The summed E-state index contributed by atoms with van der Waals surface area (Å²) < 4.78 is 1.64. The first kappa shape index (κ1) is 13.2. The van der Waals surface area contributed by atoms with Crippen LogP contribution in [0.3, 0.4) is 0 Å². The molecular formula is C12H14N4O3. The zero-order valence-electron chi connectivity index (χ0n) is 10.4. The molecule has 2 aromatic rings. The van der Waals surface area contributed by atoms with Gasteiger partial charge >= 0.3 is 0 Å². The minimum Gasteiger partial charge on any atom is -0.393 e. The normalized spacial score (nSPS) is 12.3. The second kappa shape index (κ2) is 5.57. The van der Waals surface area contributed by atoms with Gasteiger partial charge in [0.15, 0.2) is 5.82 Å². The summed E-state index contributed by atoms with van der Waals surface area (Å²) in [7, 11) is 0. The molecule has 1 aromatic heterocycles. The maximum Gasteiger partial charge on any atom is 0.269 e. The third kappa shape index (κ3) is 3.35. The quantitative estimate of drug-likeness (QED) is 0.652. The fraction of sp³-hybridized carbons (Fsp3) is 0.333. The molecule has 0 spiro atoms. The minimum absolute atomic E-state index is 0.0392. The Labute approximate surface area is 109 Å². The number of nitrogens with zero attached hydrogens (tertiary/aromatic N) is 4. The first-order chi connectivity index (χ1) is 9.06. The number of non-ortho nitro benzene ring substituents is 1. The molecule has 100 valence electrons. The Bertz CT molecular complexity index is 563. The molecule has 1 heterocycles. The highest BCUT2D eigenvalue weighted by Crippen LogP contribution is 2.18. The summed E-state index contributed by atoms with van der Waals surface area (Å²) in [5, 5.41) is 24.0. The van der Waals surface area contributed by atoms with E-state index >= 15 is 0 Å². The van der Waals surface area contributed by atoms with Crippen LogP contribution < -0.4 is 0 Å². The summed E-state index contributed by atoms with van der Waals surface area (Å²) in [5.41, 5.74) is 0.763. The van der Waals surface area contributed by atoms with Crippen LogP contribution in [0, 0.1) is 10.1 Å². The lowest BCUT2D eigenvalue weighted by atomic mass is 10.2. The van der Waals surface area contributed by atoms with Crippen molar-refractivity contribution < 1.29 is 10.0 Å². The predicted molar refractivity (Wildman–Crippen MR) is 68.4 cm³/mol. The van der Waals surface area contributed by atoms with Crippen molar-refractivity contribution in [1.29, 1.82) is 0 Å². The van der Waals surface area contributed by atoms with Crippen molar-refractivity contribution in [1.82, 2.24) is 14.8 Å². The smallest absolute Gasteiger partial charge is 0.269 e. The number of aromatic nitrogens is 3. The number of hydrogen-bond acceptors (Lipinski definition) is 5. The van der Waals surface area contributed by atoms with Gasteiger partial charge in [-0.1, -0.05) is 0 Å². The van der Waals surface area contributed by atoms with Crippen molar-refractivity contribution in [2.75, 3.05) is 0 Å². The lowest BCUT2D eigenvalue weighted by molar-refractivity contribution is -0.384. The van der Waals surface area contributed by atoms with Crippen molar-refractivity contribution in [3.05, 3.63) is 40.7 Å². The second-order valence-electron chi connectivity index (χ2n) is 4.27. The molecule has 0 aliphatic rings. The molecule has 0 amide bonds. The van der Waals surface area contributed by atoms with E-state index in [9.17, 15) is 15.2 Å². The van der Waals surface area contributed by atoms with Crippen LogP contribution in [0.2, 0.25) is 0 Å². The van der Waals surface area contributed by atoms with E-state index in [-0.39, 0.29) is 11.8 Å². The van der Waals surface area contributed by atoms with E-state index in [1.54, 1.807) is 30.1 Å². The molecule has 1 atom stereocenters. The number of nitro groups is 1. The van der Waals surface area contributed by atoms with Gasteiger partial charge in [0.2, 0.25) is 0 Å². The number of rotatable bonds is 5. The van der Waals surface area contributed by atoms with Gasteiger partial charge < -0.3 is 5.11 Å². The van der Waals surface area contributed by atoms with Crippen LogP contribution in [-0.2, 0) is 6.54 Å². The Hall–Kier alpha value is -2.28. The molecule has 0 saturated heterocycles. The molecule has 7 nitrogen and oxygen atoms in total. The average Bonchev–Trinajstić information content (AvgIpc) is 2.85. The Morgan fingerprint density at radius 1 is 1.42 bits per heavy atom. The molecule has 2 rings (SSSR count).